The van der Waals surface area contributed by atoms with Gasteiger partial charge in [0.2, 0.25) is 0 Å². The van der Waals surface area contributed by atoms with Gasteiger partial charge < -0.3 is 15.9 Å². The van der Waals surface area contributed by atoms with Crippen molar-refractivity contribution in [3.63, 3.8) is 0 Å². The number of rotatable bonds is 1. The third-order valence-electron chi connectivity index (χ3n) is 12.5. The summed E-state index contributed by atoms with van der Waals surface area (Å²) in [5.74, 6) is 4.04. The Morgan fingerprint density at radius 2 is 1.52 bits per heavy atom. The zero-order chi connectivity index (χ0) is 24.7. The zero-order valence-corrected chi connectivity index (χ0v) is 22.7. The zero-order valence-electron chi connectivity index (χ0n) is 22.7. The highest BCUT2D eigenvalue weighted by molar-refractivity contribution is 5.17. The molecule has 0 aromatic rings. The van der Waals surface area contributed by atoms with Gasteiger partial charge in [0, 0.05) is 19.8 Å². The lowest BCUT2D eigenvalue weighted by Gasteiger charge is -2.71. The molecule has 0 aromatic carbocycles. The van der Waals surface area contributed by atoms with E-state index in [2.05, 4.69) is 34.3 Å². The summed E-state index contributed by atoms with van der Waals surface area (Å²) >= 11 is 0. The van der Waals surface area contributed by atoms with Crippen LogP contribution in [0.5, 0.6) is 0 Å². The van der Waals surface area contributed by atoms with Crippen LogP contribution in [0, 0.1) is 51.2 Å². The second-order valence-electron chi connectivity index (χ2n) is 13.2. The quantitative estimate of drug-likeness (QED) is 0.387. The number of hydrogen-bond acceptors (Lipinski definition) is 3. The third kappa shape index (κ3) is 3.87. The van der Waals surface area contributed by atoms with Crippen LogP contribution in [0.2, 0.25) is 0 Å². The van der Waals surface area contributed by atoms with Crippen LogP contribution >= 0.6 is 0 Å². The highest BCUT2D eigenvalue weighted by Gasteiger charge is 2.68. The molecule has 5 aliphatic rings. The van der Waals surface area contributed by atoms with Gasteiger partial charge in [0.25, 0.3) is 0 Å². The fraction of sp³-hybridized carbons (Fsp3) is 0.933. The molecule has 0 spiro atoms. The Hall–Kier alpha value is -0.380. The van der Waals surface area contributed by atoms with E-state index in [0.29, 0.717) is 34.8 Å². The van der Waals surface area contributed by atoms with Crippen LogP contribution < -0.4 is 5.73 Å². The van der Waals surface area contributed by atoms with Crippen LogP contribution in [0.3, 0.4) is 0 Å². The molecule has 0 heterocycles. The van der Waals surface area contributed by atoms with Gasteiger partial charge in [-0.05, 0) is 122 Å². The molecule has 0 saturated heterocycles. The van der Waals surface area contributed by atoms with E-state index in [9.17, 15) is 5.11 Å². The van der Waals surface area contributed by atoms with Crippen molar-refractivity contribution in [3.8, 4) is 0 Å². The molecule has 5 aliphatic carbocycles. The lowest BCUT2D eigenvalue weighted by molar-refractivity contribution is -0.229. The molecule has 0 amide bonds. The molecular weight excluding hydrogens is 406 g/mol. The molecule has 0 bridgehead atoms. The van der Waals surface area contributed by atoms with Crippen LogP contribution in [0.15, 0.2) is 12.7 Å². The standard InChI is InChI=1S/C26H45NO.C3H6.CH4O/c1-17-18-9-13-25(4)22(23(18,2)12-10-21(17)27)8-7-19-20-6-5-11-26(20,16-28)15-14-24(19,25)3;1-3-2;1-2/h17-22,28H,5-16,27H2,1-4H3;3H,1H2,2H3;2H,1H3/t17?,18?,19?,20?,21?,22?,23?,24-,25?,26?;;/m1../s1. The van der Waals surface area contributed by atoms with E-state index in [0.717, 1.165) is 30.8 Å². The fourth-order valence-electron chi connectivity index (χ4n) is 10.6. The predicted octanol–water partition coefficient (Wildman–Crippen LogP) is 6.57. The number of aliphatic hydroxyl groups is 2. The molecule has 0 aliphatic heterocycles. The van der Waals surface area contributed by atoms with Crippen molar-refractivity contribution in [2.75, 3.05) is 13.7 Å². The molecule has 3 heteroatoms. The number of hydrogen-bond donors (Lipinski definition) is 3. The van der Waals surface area contributed by atoms with E-state index < -0.39 is 0 Å². The minimum atomic E-state index is 0.278. The first-order valence-corrected chi connectivity index (χ1v) is 14.0. The molecule has 5 saturated carbocycles. The van der Waals surface area contributed by atoms with Gasteiger partial charge in [0.15, 0.2) is 0 Å². The molecule has 0 aromatic heterocycles. The number of aliphatic hydroxyl groups excluding tert-OH is 2. The van der Waals surface area contributed by atoms with Gasteiger partial charge in [-0.15, -0.1) is 6.58 Å². The van der Waals surface area contributed by atoms with Crippen molar-refractivity contribution >= 4 is 0 Å². The van der Waals surface area contributed by atoms with Crippen LogP contribution in [0.4, 0.5) is 0 Å². The summed E-state index contributed by atoms with van der Waals surface area (Å²) in [5, 5.41) is 17.4. The molecule has 3 nitrogen and oxygen atoms in total. The normalized spacial score (nSPS) is 52.4. The van der Waals surface area contributed by atoms with Crippen LogP contribution in [0.25, 0.3) is 0 Å². The Balaban J connectivity index is 0.000000569. The number of fused-ring (bicyclic) bond motifs is 7. The highest BCUT2D eigenvalue weighted by Crippen LogP contribution is 2.75. The average Bonchev–Trinajstić information content (AvgIpc) is 3.24. The second kappa shape index (κ2) is 9.94. The van der Waals surface area contributed by atoms with Crippen LogP contribution in [-0.4, -0.2) is 30.0 Å². The van der Waals surface area contributed by atoms with Gasteiger partial charge in [-0.25, -0.2) is 0 Å². The van der Waals surface area contributed by atoms with Gasteiger partial charge in [-0.2, -0.15) is 0 Å². The maximum Gasteiger partial charge on any atom is 0.0490 e. The van der Waals surface area contributed by atoms with Gasteiger partial charge >= 0.3 is 0 Å². The summed E-state index contributed by atoms with van der Waals surface area (Å²) < 4.78 is 0. The van der Waals surface area contributed by atoms with Crippen LogP contribution in [-0.2, 0) is 0 Å². The summed E-state index contributed by atoms with van der Waals surface area (Å²) in [6, 6.07) is 0.424. The van der Waals surface area contributed by atoms with E-state index in [4.69, 9.17) is 10.8 Å². The minimum absolute atomic E-state index is 0.278. The van der Waals surface area contributed by atoms with E-state index in [-0.39, 0.29) is 5.41 Å². The molecule has 4 N–H and O–H groups in total. The van der Waals surface area contributed by atoms with Gasteiger partial charge in [0.05, 0.1) is 0 Å². The fourth-order valence-corrected chi connectivity index (χ4v) is 10.6. The number of allylic oxidation sites excluding steroid dienone is 1. The van der Waals surface area contributed by atoms with Crippen molar-refractivity contribution < 1.29 is 10.2 Å². The molecule has 5 fully saturated rings. The van der Waals surface area contributed by atoms with Gasteiger partial charge in [0.1, 0.15) is 0 Å². The molecule has 10 atom stereocenters. The first-order valence-electron chi connectivity index (χ1n) is 14.0. The van der Waals surface area contributed by atoms with E-state index in [1.165, 1.54) is 70.6 Å². The summed E-state index contributed by atoms with van der Waals surface area (Å²) in [6.45, 7) is 16.2. The Bertz CT molecular complexity index is 680. The topological polar surface area (TPSA) is 66.5 Å². The first kappa shape index (κ1) is 27.2. The van der Waals surface area contributed by atoms with Crippen molar-refractivity contribution in [2.45, 2.75) is 111 Å². The lowest BCUT2D eigenvalue weighted by atomic mass is 9.33. The largest absolute Gasteiger partial charge is 0.400 e. The van der Waals surface area contributed by atoms with Crippen LogP contribution in [0.1, 0.15) is 105 Å². The van der Waals surface area contributed by atoms with Gasteiger partial charge in [-0.1, -0.05) is 40.2 Å². The summed E-state index contributed by atoms with van der Waals surface area (Å²) in [6.07, 6.45) is 16.7. The van der Waals surface area contributed by atoms with Gasteiger partial charge in [-0.3, -0.25) is 0 Å². The lowest BCUT2D eigenvalue weighted by Crippen LogP contribution is -2.65. The molecule has 9 unspecified atom stereocenters. The van der Waals surface area contributed by atoms with E-state index >= 15 is 0 Å². The third-order valence-corrected chi connectivity index (χ3v) is 12.5. The van der Waals surface area contributed by atoms with E-state index in [1.54, 1.807) is 6.08 Å². The predicted molar refractivity (Wildman–Crippen MR) is 140 cm³/mol. The average molecular weight is 462 g/mol. The Kier molecular flexibility index (Phi) is 8.19. The van der Waals surface area contributed by atoms with Crippen molar-refractivity contribution in [2.24, 2.45) is 57.0 Å². The minimum Gasteiger partial charge on any atom is -0.400 e. The van der Waals surface area contributed by atoms with Crippen molar-refractivity contribution in [1.82, 2.24) is 0 Å². The smallest absolute Gasteiger partial charge is 0.0490 e. The molecule has 0 radical (unpaired) electrons. The highest BCUT2D eigenvalue weighted by atomic mass is 16.3. The Morgan fingerprint density at radius 1 is 0.848 bits per heavy atom. The maximum absolute atomic E-state index is 10.4. The monoisotopic (exact) mass is 461 g/mol. The SMILES string of the molecule is C=CC.CC1C(N)CCC2(C)C1CCC1(C)C2CCC2C3CCCC3(CO)CC[C@]21C.CO. The molecular formula is C30H55NO2. The van der Waals surface area contributed by atoms with E-state index in [1.807, 2.05) is 6.92 Å². The summed E-state index contributed by atoms with van der Waals surface area (Å²) in [5.41, 5.74) is 8.27. The second-order valence-corrected chi connectivity index (χ2v) is 13.2. The Morgan fingerprint density at radius 3 is 2.15 bits per heavy atom. The van der Waals surface area contributed by atoms with Crippen molar-refractivity contribution in [1.29, 1.82) is 0 Å². The molecule has 5 rings (SSSR count). The maximum atomic E-state index is 10.4. The summed E-state index contributed by atoms with van der Waals surface area (Å²) in [7, 11) is 1.00. The summed E-state index contributed by atoms with van der Waals surface area (Å²) in [4.78, 5) is 0. The first-order chi connectivity index (χ1) is 15.6. The molecule has 33 heavy (non-hydrogen) atoms. The number of nitrogens with two attached hydrogens (primary N) is 1. The Labute approximate surface area is 205 Å². The van der Waals surface area contributed by atoms with Crippen molar-refractivity contribution in [3.05, 3.63) is 12.7 Å². The molecule has 192 valence electrons.